The molecule has 1 aromatic heterocycles. The Balaban J connectivity index is 1.83. The summed E-state index contributed by atoms with van der Waals surface area (Å²) in [6.07, 6.45) is 4.06. The molecule has 109 valence electrons. The van der Waals surface area contributed by atoms with Crippen LogP contribution in [-0.4, -0.2) is 17.8 Å². The van der Waals surface area contributed by atoms with E-state index in [-0.39, 0.29) is 23.7 Å². The fraction of sp³-hybridized carbons (Fsp3) is 0.312. The van der Waals surface area contributed by atoms with Crippen LogP contribution in [0.15, 0.2) is 42.6 Å². The predicted molar refractivity (Wildman–Crippen MR) is 76.4 cm³/mol. The number of hydrogen-bond donors (Lipinski definition) is 0. The molecule has 0 aliphatic carbocycles. The number of anilines is 1. The zero-order valence-corrected chi connectivity index (χ0v) is 11.5. The maximum absolute atomic E-state index is 13.7. The maximum atomic E-state index is 13.7. The lowest BCUT2D eigenvalue weighted by atomic mass is 10.1. The number of aromatic nitrogens is 1. The van der Waals surface area contributed by atoms with Gasteiger partial charge in [0.05, 0.1) is 0 Å². The van der Waals surface area contributed by atoms with E-state index in [1.54, 1.807) is 24.3 Å². The molecule has 1 unspecified atom stereocenters. The average Bonchev–Trinajstić information content (AvgIpc) is 2.50. The van der Waals surface area contributed by atoms with Crippen LogP contribution < -0.4 is 9.64 Å². The van der Waals surface area contributed by atoms with Gasteiger partial charge in [-0.2, -0.15) is 0 Å². The third-order valence-electron chi connectivity index (χ3n) is 3.60. The van der Waals surface area contributed by atoms with Gasteiger partial charge in [-0.15, -0.1) is 0 Å². The van der Waals surface area contributed by atoms with E-state index in [0.29, 0.717) is 0 Å². The van der Waals surface area contributed by atoms with Crippen LogP contribution in [0, 0.1) is 5.82 Å². The zero-order chi connectivity index (χ0) is 14.7. The van der Waals surface area contributed by atoms with Crippen LogP contribution in [0.4, 0.5) is 10.1 Å². The highest BCUT2D eigenvalue weighted by atomic mass is 19.1. The lowest BCUT2D eigenvalue weighted by Gasteiger charge is -2.37. The van der Waals surface area contributed by atoms with Crippen molar-refractivity contribution in [1.29, 1.82) is 0 Å². The topological polar surface area (TPSA) is 45.3 Å². The number of pyridine rings is 1. The molecule has 5 heteroatoms. The SMILES string of the molecule is [O]c1cc(N2CCCCC2Oc2ccccc2F)ccn1. The monoisotopic (exact) mass is 287 g/mol. The van der Waals surface area contributed by atoms with Gasteiger partial charge in [0.1, 0.15) is 0 Å². The molecule has 1 radical (unpaired) electrons. The molecule has 0 saturated carbocycles. The molecule has 0 bridgehead atoms. The first-order chi connectivity index (χ1) is 10.2. The molecule has 1 atom stereocenters. The molecule has 0 N–H and O–H groups in total. The van der Waals surface area contributed by atoms with Crippen LogP contribution in [-0.2, 0) is 5.11 Å². The summed E-state index contributed by atoms with van der Waals surface area (Å²) in [5.41, 5.74) is 0.774. The van der Waals surface area contributed by atoms with Crippen molar-refractivity contribution in [3.05, 3.63) is 48.4 Å². The average molecular weight is 287 g/mol. The van der Waals surface area contributed by atoms with Crippen molar-refractivity contribution in [2.45, 2.75) is 25.5 Å². The molecule has 0 amide bonds. The third kappa shape index (κ3) is 3.07. The van der Waals surface area contributed by atoms with E-state index < -0.39 is 0 Å². The lowest BCUT2D eigenvalue weighted by molar-refractivity contribution is 0.158. The second-order valence-electron chi connectivity index (χ2n) is 5.04. The second kappa shape index (κ2) is 5.99. The summed E-state index contributed by atoms with van der Waals surface area (Å²) < 4.78 is 19.6. The first-order valence-corrected chi connectivity index (χ1v) is 7.05. The van der Waals surface area contributed by atoms with Gasteiger partial charge in [0.25, 0.3) is 5.88 Å². The minimum absolute atomic E-state index is 0.241. The Labute approximate surface area is 122 Å². The molecular formula is C16H16FN2O2. The summed E-state index contributed by atoms with van der Waals surface area (Å²) in [6.45, 7) is 0.780. The highest BCUT2D eigenvalue weighted by Crippen LogP contribution is 2.29. The van der Waals surface area contributed by atoms with Gasteiger partial charge >= 0.3 is 0 Å². The van der Waals surface area contributed by atoms with Crippen LogP contribution in [0.2, 0.25) is 0 Å². The van der Waals surface area contributed by atoms with E-state index in [1.165, 1.54) is 18.3 Å². The Morgan fingerprint density at radius 2 is 2.10 bits per heavy atom. The van der Waals surface area contributed by atoms with E-state index in [4.69, 9.17) is 4.74 Å². The fourth-order valence-corrected chi connectivity index (χ4v) is 2.58. The van der Waals surface area contributed by atoms with Gasteiger partial charge in [0.15, 0.2) is 17.8 Å². The number of benzene rings is 1. The molecule has 21 heavy (non-hydrogen) atoms. The molecule has 1 aromatic carbocycles. The number of rotatable bonds is 3. The van der Waals surface area contributed by atoms with Gasteiger partial charge in [-0.05, 0) is 31.0 Å². The minimum atomic E-state index is -0.373. The molecule has 2 aromatic rings. The van der Waals surface area contributed by atoms with Gasteiger partial charge in [-0.1, -0.05) is 12.1 Å². The highest BCUT2D eigenvalue weighted by Gasteiger charge is 2.25. The van der Waals surface area contributed by atoms with E-state index in [1.807, 2.05) is 4.90 Å². The first kappa shape index (κ1) is 13.7. The standard InChI is InChI=1S/C16H16FN2O2/c17-13-5-1-2-6-14(13)21-16-7-3-4-10-19(16)12-8-9-18-15(20)11-12/h1-2,5-6,8-9,11,16H,3-4,7,10H2. The van der Waals surface area contributed by atoms with Crippen molar-refractivity contribution in [2.75, 3.05) is 11.4 Å². The summed E-state index contributed by atoms with van der Waals surface area (Å²) in [5, 5.41) is 11.4. The summed E-state index contributed by atoms with van der Waals surface area (Å²) >= 11 is 0. The third-order valence-corrected chi connectivity index (χ3v) is 3.60. The quantitative estimate of drug-likeness (QED) is 0.863. The number of halogens is 1. The van der Waals surface area contributed by atoms with Crippen molar-refractivity contribution >= 4 is 5.69 Å². The summed E-state index contributed by atoms with van der Waals surface area (Å²) in [4.78, 5) is 5.67. The van der Waals surface area contributed by atoms with Gasteiger partial charge in [-0.25, -0.2) is 9.37 Å². The van der Waals surface area contributed by atoms with E-state index in [0.717, 1.165) is 31.5 Å². The fourth-order valence-electron chi connectivity index (χ4n) is 2.58. The normalized spacial score (nSPS) is 18.5. The van der Waals surface area contributed by atoms with E-state index in [2.05, 4.69) is 4.98 Å². The Hall–Kier alpha value is -2.30. The molecule has 1 fully saturated rings. The second-order valence-corrected chi connectivity index (χ2v) is 5.04. The van der Waals surface area contributed by atoms with Crippen LogP contribution in [0.1, 0.15) is 19.3 Å². The van der Waals surface area contributed by atoms with E-state index in [9.17, 15) is 9.50 Å². The van der Waals surface area contributed by atoms with Crippen LogP contribution >= 0.6 is 0 Å². The molecule has 2 heterocycles. The Bertz CT molecular complexity index is 621. The molecule has 1 aliphatic rings. The Morgan fingerprint density at radius 1 is 1.24 bits per heavy atom. The van der Waals surface area contributed by atoms with Crippen LogP contribution in [0.25, 0.3) is 0 Å². The van der Waals surface area contributed by atoms with Crippen LogP contribution in [0.3, 0.4) is 0 Å². The summed E-state index contributed by atoms with van der Waals surface area (Å²) in [6, 6.07) is 9.65. The van der Waals surface area contributed by atoms with Crippen molar-refractivity contribution in [3.8, 4) is 11.6 Å². The minimum Gasteiger partial charge on any atom is -0.467 e. The molecule has 0 spiro atoms. The number of hydrogen-bond acceptors (Lipinski definition) is 3. The smallest absolute Gasteiger partial charge is 0.271 e. The van der Waals surface area contributed by atoms with Crippen molar-refractivity contribution in [3.63, 3.8) is 0 Å². The van der Waals surface area contributed by atoms with Crippen LogP contribution in [0.5, 0.6) is 11.6 Å². The number of piperidine rings is 1. The van der Waals surface area contributed by atoms with Gasteiger partial charge in [0.2, 0.25) is 0 Å². The zero-order valence-electron chi connectivity index (χ0n) is 11.5. The first-order valence-electron chi connectivity index (χ1n) is 7.05. The largest absolute Gasteiger partial charge is 0.467 e. The van der Waals surface area contributed by atoms with Crippen molar-refractivity contribution in [1.82, 2.24) is 4.98 Å². The number of ether oxygens (including phenoxy) is 1. The lowest BCUT2D eigenvalue weighted by Crippen LogP contribution is -2.43. The Morgan fingerprint density at radius 3 is 2.90 bits per heavy atom. The number of para-hydroxylation sites is 1. The molecule has 1 aliphatic heterocycles. The molecule has 3 rings (SSSR count). The summed E-state index contributed by atoms with van der Waals surface area (Å²) in [5.74, 6) is -0.407. The molecule has 1 saturated heterocycles. The summed E-state index contributed by atoms with van der Waals surface area (Å²) in [7, 11) is 0. The Kier molecular flexibility index (Phi) is 3.90. The van der Waals surface area contributed by atoms with Crippen molar-refractivity contribution in [2.24, 2.45) is 0 Å². The van der Waals surface area contributed by atoms with Gasteiger partial charge in [-0.3, -0.25) is 5.11 Å². The highest BCUT2D eigenvalue weighted by molar-refractivity contribution is 5.49. The van der Waals surface area contributed by atoms with Gasteiger partial charge in [0, 0.05) is 30.9 Å². The molecular weight excluding hydrogens is 271 g/mol. The number of nitrogens with zero attached hydrogens (tertiary/aromatic N) is 2. The van der Waals surface area contributed by atoms with Gasteiger partial charge < -0.3 is 9.64 Å². The van der Waals surface area contributed by atoms with E-state index >= 15 is 0 Å². The predicted octanol–water partition coefficient (Wildman–Crippen LogP) is 3.76. The van der Waals surface area contributed by atoms with Crippen molar-refractivity contribution < 1.29 is 14.2 Å². The molecule has 4 nitrogen and oxygen atoms in total. The maximum Gasteiger partial charge on any atom is 0.271 e.